The predicted octanol–water partition coefficient (Wildman–Crippen LogP) is 5.43. The van der Waals surface area contributed by atoms with Crippen LogP contribution in [0.3, 0.4) is 0 Å². The molecule has 0 saturated heterocycles. The number of aliphatic imine (C=N–C) groups is 1. The molecule has 0 radical (unpaired) electrons. The third-order valence-corrected chi connectivity index (χ3v) is 4.67. The Kier molecular flexibility index (Phi) is 6.08. The van der Waals surface area contributed by atoms with Crippen LogP contribution in [0, 0.1) is 13.8 Å². The van der Waals surface area contributed by atoms with Crippen molar-refractivity contribution < 1.29 is 0 Å². The van der Waals surface area contributed by atoms with Crippen molar-refractivity contribution in [2.24, 2.45) is 4.99 Å². The van der Waals surface area contributed by atoms with Gasteiger partial charge in [-0.25, -0.2) is 4.99 Å². The van der Waals surface area contributed by atoms with Gasteiger partial charge in [0.05, 0.1) is 5.69 Å². The second-order valence-corrected chi connectivity index (χ2v) is 6.26. The first-order chi connectivity index (χ1) is 10.7. The molecule has 2 aromatic carbocycles. The van der Waals surface area contributed by atoms with E-state index in [1.165, 1.54) is 16.0 Å². The molecule has 0 heterocycles. The fraction of sp³-hybridized carbons (Fsp3) is 0.316. The minimum atomic E-state index is 0.958. The molecule has 116 valence electrons. The summed E-state index contributed by atoms with van der Waals surface area (Å²) in [5.41, 5.74) is 3.53. The Morgan fingerprint density at radius 2 is 1.50 bits per heavy atom. The number of para-hydroxylation sites is 1. The molecule has 3 heteroatoms. The zero-order valence-electron chi connectivity index (χ0n) is 13.8. The lowest BCUT2D eigenvalue weighted by Crippen LogP contribution is -2.28. The van der Waals surface area contributed by atoms with E-state index in [9.17, 15) is 0 Å². The average Bonchev–Trinajstić information content (AvgIpc) is 2.53. The van der Waals surface area contributed by atoms with Crippen LogP contribution in [0.1, 0.15) is 25.0 Å². The van der Waals surface area contributed by atoms with Gasteiger partial charge in [-0.1, -0.05) is 48.2 Å². The van der Waals surface area contributed by atoms with Crippen LogP contribution in [0.15, 0.2) is 58.4 Å². The summed E-state index contributed by atoms with van der Waals surface area (Å²) >= 11 is 1.73. The van der Waals surface area contributed by atoms with E-state index in [-0.39, 0.29) is 0 Å². The van der Waals surface area contributed by atoms with Gasteiger partial charge in [0.15, 0.2) is 5.17 Å². The molecule has 0 atom stereocenters. The first-order valence-electron chi connectivity index (χ1n) is 7.78. The second kappa shape index (κ2) is 8.04. The van der Waals surface area contributed by atoms with Crippen LogP contribution in [0.4, 0.5) is 5.69 Å². The van der Waals surface area contributed by atoms with E-state index in [2.05, 4.69) is 75.1 Å². The summed E-state index contributed by atoms with van der Waals surface area (Å²) < 4.78 is 0. The van der Waals surface area contributed by atoms with Crippen LogP contribution >= 0.6 is 11.8 Å². The first-order valence-corrected chi connectivity index (χ1v) is 8.60. The lowest BCUT2D eigenvalue weighted by molar-refractivity contribution is 0.475. The lowest BCUT2D eigenvalue weighted by Gasteiger charge is -2.23. The Labute approximate surface area is 138 Å². The van der Waals surface area contributed by atoms with Gasteiger partial charge in [-0.3, -0.25) is 0 Å². The second-order valence-electron chi connectivity index (χ2n) is 5.22. The number of benzene rings is 2. The summed E-state index contributed by atoms with van der Waals surface area (Å²) in [6, 6.07) is 16.8. The Morgan fingerprint density at radius 1 is 0.909 bits per heavy atom. The highest BCUT2D eigenvalue weighted by Gasteiger charge is 2.11. The van der Waals surface area contributed by atoms with Gasteiger partial charge in [0.1, 0.15) is 0 Å². The van der Waals surface area contributed by atoms with Crippen LogP contribution in [0.2, 0.25) is 0 Å². The molecule has 0 amide bonds. The molecule has 2 rings (SSSR count). The first kappa shape index (κ1) is 16.6. The Hall–Kier alpha value is -1.74. The quantitative estimate of drug-likeness (QED) is 0.425. The average molecular weight is 312 g/mol. The standard InChI is InChI=1S/C19H24N2S/c1-5-21(6-2)19(22-17-13-8-7-9-14-17)20-18-15(3)11-10-12-16(18)4/h7-14H,5-6H2,1-4H3. The number of aryl methyl sites for hydroxylation is 2. The van der Waals surface area contributed by atoms with Gasteiger partial charge in [0.2, 0.25) is 0 Å². The van der Waals surface area contributed by atoms with Crippen LogP contribution < -0.4 is 0 Å². The number of rotatable bonds is 4. The van der Waals surface area contributed by atoms with Crippen molar-refractivity contribution >= 4 is 22.6 Å². The fourth-order valence-electron chi connectivity index (χ4n) is 2.32. The molecule has 0 unspecified atom stereocenters. The van der Waals surface area contributed by atoms with E-state index in [1.54, 1.807) is 11.8 Å². The summed E-state index contributed by atoms with van der Waals surface area (Å²) in [6.07, 6.45) is 0. The van der Waals surface area contributed by atoms with Gasteiger partial charge in [0.25, 0.3) is 0 Å². The molecule has 0 saturated carbocycles. The molecule has 0 fully saturated rings. The third-order valence-electron chi connectivity index (χ3n) is 3.63. The number of hydrogen-bond acceptors (Lipinski definition) is 2. The molecule has 2 aromatic rings. The van der Waals surface area contributed by atoms with Gasteiger partial charge in [-0.15, -0.1) is 0 Å². The number of nitrogens with zero attached hydrogens (tertiary/aromatic N) is 2. The van der Waals surface area contributed by atoms with Gasteiger partial charge in [-0.05, 0) is 51.0 Å². The van der Waals surface area contributed by atoms with Gasteiger partial charge >= 0.3 is 0 Å². The van der Waals surface area contributed by atoms with Crippen molar-refractivity contribution in [3.63, 3.8) is 0 Å². The SMILES string of the molecule is CCN(CC)C(=Nc1c(C)cccc1C)Sc1ccccc1. The molecular weight excluding hydrogens is 288 g/mol. The zero-order valence-corrected chi connectivity index (χ0v) is 14.7. The summed E-state index contributed by atoms with van der Waals surface area (Å²) in [6.45, 7) is 10.5. The van der Waals surface area contributed by atoms with Crippen LogP contribution in [-0.2, 0) is 0 Å². The van der Waals surface area contributed by atoms with Crippen molar-refractivity contribution in [1.82, 2.24) is 4.90 Å². The molecule has 0 aromatic heterocycles. The molecule has 0 N–H and O–H groups in total. The van der Waals surface area contributed by atoms with Gasteiger partial charge in [0, 0.05) is 18.0 Å². The maximum atomic E-state index is 5.00. The monoisotopic (exact) mass is 312 g/mol. The molecule has 22 heavy (non-hydrogen) atoms. The maximum absolute atomic E-state index is 5.00. The van der Waals surface area contributed by atoms with Crippen molar-refractivity contribution in [2.75, 3.05) is 13.1 Å². The summed E-state index contributed by atoms with van der Waals surface area (Å²) in [5, 5.41) is 1.06. The fourth-order valence-corrected chi connectivity index (χ4v) is 3.35. The topological polar surface area (TPSA) is 15.6 Å². The number of amidine groups is 1. The molecule has 0 aliphatic heterocycles. The van der Waals surface area contributed by atoms with Gasteiger partial charge < -0.3 is 4.90 Å². The highest BCUT2D eigenvalue weighted by Crippen LogP contribution is 2.28. The number of thioether (sulfide) groups is 1. The van der Waals surface area contributed by atoms with Crippen molar-refractivity contribution in [3.8, 4) is 0 Å². The third kappa shape index (κ3) is 4.14. The molecule has 2 nitrogen and oxygen atoms in total. The van der Waals surface area contributed by atoms with Crippen molar-refractivity contribution in [3.05, 3.63) is 59.7 Å². The van der Waals surface area contributed by atoms with E-state index in [4.69, 9.17) is 4.99 Å². The normalized spacial score (nSPS) is 11.5. The smallest absolute Gasteiger partial charge is 0.169 e. The van der Waals surface area contributed by atoms with E-state index >= 15 is 0 Å². The number of hydrogen-bond donors (Lipinski definition) is 0. The molecule has 0 spiro atoms. The van der Waals surface area contributed by atoms with E-state index in [0.29, 0.717) is 0 Å². The highest BCUT2D eigenvalue weighted by atomic mass is 32.2. The van der Waals surface area contributed by atoms with E-state index in [1.807, 2.05) is 6.07 Å². The summed E-state index contributed by atoms with van der Waals surface area (Å²) in [4.78, 5) is 8.53. The molecular formula is C19H24N2S. The van der Waals surface area contributed by atoms with Crippen molar-refractivity contribution in [1.29, 1.82) is 0 Å². The van der Waals surface area contributed by atoms with Crippen LogP contribution in [0.25, 0.3) is 0 Å². The summed E-state index contributed by atoms with van der Waals surface area (Å²) in [7, 11) is 0. The summed E-state index contributed by atoms with van der Waals surface area (Å²) in [5.74, 6) is 0. The van der Waals surface area contributed by atoms with Crippen molar-refractivity contribution in [2.45, 2.75) is 32.6 Å². The molecule has 0 aliphatic carbocycles. The highest BCUT2D eigenvalue weighted by molar-refractivity contribution is 8.13. The maximum Gasteiger partial charge on any atom is 0.169 e. The Bertz CT molecular complexity index is 611. The lowest BCUT2D eigenvalue weighted by atomic mass is 10.1. The predicted molar refractivity (Wildman–Crippen MR) is 98.2 cm³/mol. The van der Waals surface area contributed by atoms with E-state index < -0.39 is 0 Å². The van der Waals surface area contributed by atoms with Gasteiger partial charge in [-0.2, -0.15) is 0 Å². The van der Waals surface area contributed by atoms with Crippen LogP contribution in [-0.4, -0.2) is 23.2 Å². The molecule has 0 bridgehead atoms. The Balaban J connectivity index is 2.41. The zero-order chi connectivity index (χ0) is 15.9. The van der Waals surface area contributed by atoms with E-state index in [0.717, 1.165) is 23.9 Å². The molecule has 0 aliphatic rings. The minimum Gasteiger partial charge on any atom is -0.351 e. The Morgan fingerprint density at radius 3 is 2.05 bits per heavy atom. The van der Waals surface area contributed by atoms with Crippen LogP contribution in [0.5, 0.6) is 0 Å². The largest absolute Gasteiger partial charge is 0.351 e. The minimum absolute atomic E-state index is 0.958.